The summed E-state index contributed by atoms with van der Waals surface area (Å²) in [6.45, 7) is 1.60. The zero-order valence-corrected chi connectivity index (χ0v) is 11.0. The van der Waals surface area contributed by atoms with E-state index in [9.17, 15) is 0 Å². The van der Waals surface area contributed by atoms with Gasteiger partial charge in [-0.25, -0.2) is 0 Å². The molecule has 0 saturated carbocycles. The molecule has 1 aliphatic rings. The van der Waals surface area contributed by atoms with E-state index in [0.29, 0.717) is 16.6 Å². The van der Waals surface area contributed by atoms with Crippen molar-refractivity contribution in [2.24, 2.45) is 9.98 Å². The van der Waals surface area contributed by atoms with Crippen LogP contribution in [0.1, 0.15) is 24.8 Å². The van der Waals surface area contributed by atoms with Gasteiger partial charge in [-0.1, -0.05) is 29.3 Å². The van der Waals surface area contributed by atoms with Gasteiger partial charge in [-0.2, -0.15) is 0 Å². The highest BCUT2D eigenvalue weighted by Gasteiger charge is 2.04. The van der Waals surface area contributed by atoms with Crippen LogP contribution in [-0.2, 0) is 0 Å². The van der Waals surface area contributed by atoms with Gasteiger partial charge in [0.15, 0.2) is 0 Å². The Bertz CT molecular complexity index is 432. The minimum absolute atomic E-state index is 0.631. The molecule has 1 heterocycles. The van der Waals surface area contributed by atoms with Gasteiger partial charge < -0.3 is 0 Å². The van der Waals surface area contributed by atoms with Gasteiger partial charge in [0.1, 0.15) is 0 Å². The van der Waals surface area contributed by atoms with Crippen LogP contribution >= 0.6 is 23.2 Å². The van der Waals surface area contributed by atoms with Gasteiger partial charge in [-0.3, -0.25) is 9.98 Å². The summed E-state index contributed by atoms with van der Waals surface area (Å²) in [4.78, 5) is 8.80. The van der Waals surface area contributed by atoms with Crippen molar-refractivity contribution >= 4 is 35.1 Å². The fourth-order valence-corrected chi connectivity index (χ4v) is 2.26. The molecular weight excluding hydrogens is 255 g/mol. The Morgan fingerprint density at radius 1 is 1.24 bits per heavy atom. The van der Waals surface area contributed by atoms with Gasteiger partial charge >= 0.3 is 0 Å². The van der Waals surface area contributed by atoms with E-state index in [1.165, 1.54) is 18.6 Å². The van der Waals surface area contributed by atoms with Crippen molar-refractivity contribution in [2.75, 3.05) is 13.1 Å². The Morgan fingerprint density at radius 3 is 2.65 bits per heavy atom. The lowest BCUT2D eigenvalue weighted by atomic mass is 10.1. The summed E-state index contributed by atoms with van der Waals surface area (Å²) in [5.41, 5.74) is 1.96. The highest BCUT2D eigenvalue weighted by Crippen LogP contribution is 2.22. The molecule has 0 spiro atoms. The number of halogens is 2. The summed E-state index contributed by atoms with van der Waals surface area (Å²) < 4.78 is 0. The molecule has 1 aromatic rings. The monoisotopic (exact) mass is 268 g/mol. The van der Waals surface area contributed by atoms with Crippen molar-refractivity contribution in [1.29, 1.82) is 0 Å². The fourth-order valence-electron chi connectivity index (χ4n) is 1.76. The van der Waals surface area contributed by atoms with Crippen LogP contribution in [0, 0.1) is 0 Å². The van der Waals surface area contributed by atoms with Crippen LogP contribution < -0.4 is 0 Å². The molecule has 0 N–H and O–H groups in total. The molecule has 1 aliphatic heterocycles. The maximum absolute atomic E-state index is 6.05. The third kappa shape index (κ3) is 3.55. The van der Waals surface area contributed by atoms with Gasteiger partial charge in [-0.05, 0) is 31.4 Å². The van der Waals surface area contributed by atoms with Crippen molar-refractivity contribution in [2.45, 2.75) is 19.3 Å². The minimum Gasteiger partial charge on any atom is -0.292 e. The molecule has 17 heavy (non-hydrogen) atoms. The Kier molecular flexibility index (Phi) is 4.57. The molecule has 0 aliphatic carbocycles. The van der Waals surface area contributed by atoms with Crippen molar-refractivity contribution in [1.82, 2.24) is 0 Å². The van der Waals surface area contributed by atoms with Crippen LogP contribution in [0.2, 0.25) is 10.0 Å². The summed E-state index contributed by atoms with van der Waals surface area (Å²) in [5, 5.41) is 1.26. The first-order valence-corrected chi connectivity index (χ1v) is 6.49. The zero-order chi connectivity index (χ0) is 12.1. The first-order chi connectivity index (χ1) is 8.27. The topological polar surface area (TPSA) is 24.7 Å². The minimum atomic E-state index is 0.631. The lowest BCUT2D eigenvalue weighted by Crippen LogP contribution is -2.09. The van der Waals surface area contributed by atoms with Gasteiger partial charge in [-0.15, -0.1) is 0 Å². The molecule has 4 heteroatoms. The summed E-state index contributed by atoms with van der Waals surface area (Å²) in [7, 11) is 0. The van der Waals surface area contributed by atoms with E-state index in [1.807, 2.05) is 18.2 Å². The standard InChI is InChI=1S/C13H14Cl2N2/c14-12-5-3-6-13(15)11(12)9-16-8-10-4-1-2-7-17-10/h3,5-6,9H,1-2,4,7-8H2. The molecular formula is C13H14Cl2N2. The van der Waals surface area contributed by atoms with Crippen LogP contribution in [0.25, 0.3) is 0 Å². The molecule has 2 nitrogen and oxygen atoms in total. The fraction of sp³-hybridized carbons (Fsp3) is 0.385. The molecule has 0 atom stereocenters. The molecule has 0 bridgehead atoms. The third-order valence-electron chi connectivity index (χ3n) is 2.70. The van der Waals surface area contributed by atoms with Gasteiger partial charge in [0, 0.05) is 24.0 Å². The highest BCUT2D eigenvalue weighted by atomic mass is 35.5. The average molecular weight is 269 g/mol. The smallest absolute Gasteiger partial charge is 0.0768 e. The second-order valence-corrected chi connectivity index (χ2v) is 4.82. The molecule has 90 valence electrons. The second kappa shape index (κ2) is 6.18. The Hall–Kier alpha value is -0.860. The molecule has 0 fully saturated rings. The maximum Gasteiger partial charge on any atom is 0.0768 e. The summed E-state index contributed by atoms with van der Waals surface area (Å²) in [5.74, 6) is 0. The van der Waals surface area contributed by atoms with Crippen molar-refractivity contribution in [3.8, 4) is 0 Å². The van der Waals surface area contributed by atoms with E-state index in [2.05, 4.69) is 9.98 Å². The van der Waals surface area contributed by atoms with Crippen molar-refractivity contribution < 1.29 is 0 Å². The Morgan fingerprint density at radius 2 is 2.00 bits per heavy atom. The SMILES string of the molecule is Clc1cccc(Cl)c1C=NCC1=NCCCC1. The Labute approximate surface area is 111 Å². The summed E-state index contributed by atoms with van der Waals surface area (Å²) in [6.07, 6.45) is 5.22. The lowest BCUT2D eigenvalue weighted by molar-refractivity contribution is 0.731. The highest BCUT2D eigenvalue weighted by molar-refractivity contribution is 6.38. The first kappa shape index (κ1) is 12.6. The number of hydrogen-bond donors (Lipinski definition) is 0. The number of aliphatic imine (C=N–C) groups is 2. The van der Waals surface area contributed by atoms with Crippen LogP contribution in [-0.4, -0.2) is 25.0 Å². The molecule has 0 aromatic heterocycles. The molecule has 2 rings (SSSR count). The molecule has 0 saturated heterocycles. The van der Waals surface area contributed by atoms with Crippen LogP contribution in [0.4, 0.5) is 0 Å². The zero-order valence-electron chi connectivity index (χ0n) is 9.50. The molecule has 0 unspecified atom stereocenters. The summed E-state index contributed by atoms with van der Waals surface area (Å²) >= 11 is 12.1. The number of benzene rings is 1. The van der Waals surface area contributed by atoms with Crippen LogP contribution in [0.5, 0.6) is 0 Å². The van der Waals surface area contributed by atoms with E-state index in [4.69, 9.17) is 23.2 Å². The maximum atomic E-state index is 6.05. The quantitative estimate of drug-likeness (QED) is 0.740. The molecule has 0 radical (unpaired) electrons. The van der Waals surface area contributed by atoms with Gasteiger partial charge in [0.05, 0.1) is 16.6 Å². The van der Waals surface area contributed by atoms with E-state index >= 15 is 0 Å². The van der Waals surface area contributed by atoms with E-state index in [-0.39, 0.29) is 0 Å². The lowest BCUT2D eigenvalue weighted by Gasteiger charge is -2.09. The van der Waals surface area contributed by atoms with Crippen molar-refractivity contribution in [3.05, 3.63) is 33.8 Å². The normalized spacial score (nSPS) is 16.2. The van der Waals surface area contributed by atoms with Gasteiger partial charge in [0.2, 0.25) is 0 Å². The van der Waals surface area contributed by atoms with Crippen molar-refractivity contribution in [3.63, 3.8) is 0 Å². The predicted octanol–water partition coefficient (Wildman–Crippen LogP) is 4.04. The number of rotatable bonds is 3. The third-order valence-corrected chi connectivity index (χ3v) is 3.36. The van der Waals surface area contributed by atoms with E-state index < -0.39 is 0 Å². The van der Waals surface area contributed by atoms with E-state index in [0.717, 1.165) is 18.5 Å². The number of nitrogens with zero attached hydrogens (tertiary/aromatic N) is 2. The first-order valence-electron chi connectivity index (χ1n) is 5.73. The van der Waals surface area contributed by atoms with Gasteiger partial charge in [0.25, 0.3) is 0 Å². The Balaban J connectivity index is 2.03. The largest absolute Gasteiger partial charge is 0.292 e. The van der Waals surface area contributed by atoms with Crippen LogP contribution in [0.3, 0.4) is 0 Å². The summed E-state index contributed by atoms with van der Waals surface area (Å²) in [6, 6.07) is 5.45. The molecule has 1 aromatic carbocycles. The van der Waals surface area contributed by atoms with E-state index in [1.54, 1.807) is 6.21 Å². The second-order valence-electron chi connectivity index (χ2n) is 4.01. The number of hydrogen-bond acceptors (Lipinski definition) is 2. The predicted molar refractivity (Wildman–Crippen MR) is 75.1 cm³/mol. The molecule has 0 amide bonds. The van der Waals surface area contributed by atoms with Crippen LogP contribution in [0.15, 0.2) is 28.2 Å². The average Bonchev–Trinajstić information content (AvgIpc) is 2.34.